The SMILES string of the molecule is CCN(CC)CCNCc1c(C)nn(CC)c1F.Cl. The van der Waals surface area contributed by atoms with Crippen LogP contribution in [0.2, 0.25) is 0 Å². The maximum Gasteiger partial charge on any atom is 0.216 e. The molecule has 0 bridgehead atoms. The van der Waals surface area contributed by atoms with E-state index in [0.29, 0.717) is 18.7 Å². The van der Waals surface area contributed by atoms with Crippen LogP contribution in [0.25, 0.3) is 0 Å². The summed E-state index contributed by atoms with van der Waals surface area (Å²) in [5, 5.41) is 7.45. The minimum absolute atomic E-state index is 0. The summed E-state index contributed by atoms with van der Waals surface area (Å²) in [6, 6.07) is 0. The summed E-state index contributed by atoms with van der Waals surface area (Å²) < 4.78 is 15.3. The fraction of sp³-hybridized carbons (Fsp3) is 0.769. The number of nitrogens with one attached hydrogen (secondary N) is 1. The Balaban J connectivity index is 0.00000324. The molecule has 0 spiro atoms. The highest BCUT2D eigenvalue weighted by Crippen LogP contribution is 2.11. The fourth-order valence-electron chi connectivity index (χ4n) is 1.99. The van der Waals surface area contributed by atoms with E-state index in [0.717, 1.165) is 31.9 Å². The zero-order chi connectivity index (χ0) is 13.5. The minimum Gasteiger partial charge on any atom is -0.311 e. The third kappa shape index (κ3) is 5.09. The molecule has 0 saturated heterocycles. The van der Waals surface area contributed by atoms with E-state index in [2.05, 4.69) is 29.2 Å². The van der Waals surface area contributed by atoms with Crippen molar-refractivity contribution in [3.05, 3.63) is 17.2 Å². The Morgan fingerprint density at radius 3 is 2.37 bits per heavy atom. The Morgan fingerprint density at radius 2 is 1.89 bits per heavy atom. The molecule has 0 fully saturated rings. The molecule has 1 N–H and O–H groups in total. The molecule has 1 rings (SSSR count). The van der Waals surface area contributed by atoms with Crippen LogP contribution in [0.5, 0.6) is 0 Å². The summed E-state index contributed by atoms with van der Waals surface area (Å²) in [7, 11) is 0. The quantitative estimate of drug-likeness (QED) is 0.746. The number of rotatable bonds is 8. The predicted octanol–water partition coefficient (Wildman–Crippen LogP) is 2.20. The van der Waals surface area contributed by atoms with Crippen LogP contribution in [0.1, 0.15) is 32.0 Å². The van der Waals surface area contributed by atoms with E-state index in [-0.39, 0.29) is 18.4 Å². The summed E-state index contributed by atoms with van der Waals surface area (Å²) in [4.78, 5) is 2.34. The van der Waals surface area contributed by atoms with E-state index in [1.54, 1.807) is 0 Å². The molecular formula is C13H26ClFN4. The Bertz CT molecular complexity index is 364. The van der Waals surface area contributed by atoms with Gasteiger partial charge in [0.05, 0.1) is 5.69 Å². The van der Waals surface area contributed by atoms with Crippen molar-refractivity contribution in [2.75, 3.05) is 26.2 Å². The predicted molar refractivity (Wildman–Crippen MR) is 79.3 cm³/mol. The monoisotopic (exact) mass is 292 g/mol. The highest BCUT2D eigenvalue weighted by atomic mass is 35.5. The zero-order valence-electron chi connectivity index (χ0n) is 12.4. The first kappa shape index (κ1) is 18.4. The van der Waals surface area contributed by atoms with Gasteiger partial charge in [0.25, 0.3) is 0 Å². The van der Waals surface area contributed by atoms with Crippen LogP contribution in [0.4, 0.5) is 4.39 Å². The van der Waals surface area contributed by atoms with Gasteiger partial charge >= 0.3 is 0 Å². The highest BCUT2D eigenvalue weighted by Gasteiger charge is 2.13. The molecule has 0 aliphatic rings. The first-order valence-corrected chi connectivity index (χ1v) is 6.78. The molecule has 0 radical (unpaired) electrons. The molecule has 4 nitrogen and oxygen atoms in total. The lowest BCUT2D eigenvalue weighted by Crippen LogP contribution is -2.31. The number of halogens is 2. The van der Waals surface area contributed by atoms with Gasteiger partial charge in [-0.1, -0.05) is 13.8 Å². The van der Waals surface area contributed by atoms with Crippen molar-refractivity contribution in [3.63, 3.8) is 0 Å². The summed E-state index contributed by atoms with van der Waals surface area (Å²) in [5.41, 5.74) is 1.47. The lowest BCUT2D eigenvalue weighted by molar-refractivity contribution is 0.302. The average Bonchev–Trinajstić information content (AvgIpc) is 2.65. The van der Waals surface area contributed by atoms with Crippen LogP contribution in [0.15, 0.2) is 0 Å². The van der Waals surface area contributed by atoms with Crippen molar-refractivity contribution >= 4 is 12.4 Å². The molecule has 1 aromatic heterocycles. The van der Waals surface area contributed by atoms with Gasteiger partial charge < -0.3 is 10.2 Å². The van der Waals surface area contributed by atoms with Gasteiger partial charge in [0.1, 0.15) is 0 Å². The van der Waals surface area contributed by atoms with E-state index >= 15 is 0 Å². The minimum atomic E-state index is -0.203. The van der Waals surface area contributed by atoms with Gasteiger partial charge in [-0.3, -0.25) is 0 Å². The number of aromatic nitrogens is 2. The van der Waals surface area contributed by atoms with E-state index in [9.17, 15) is 4.39 Å². The van der Waals surface area contributed by atoms with Crippen molar-refractivity contribution in [2.24, 2.45) is 0 Å². The van der Waals surface area contributed by atoms with Gasteiger partial charge in [0.2, 0.25) is 5.95 Å². The molecule has 19 heavy (non-hydrogen) atoms. The molecule has 0 atom stereocenters. The molecule has 0 aromatic carbocycles. The van der Waals surface area contributed by atoms with Crippen molar-refractivity contribution < 1.29 is 4.39 Å². The molecule has 112 valence electrons. The second-order valence-corrected chi connectivity index (χ2v) is 4.37. The van der Waals surface area contributed by atoms with Gasteiger partial charge in [-0.15, -0.1) is 12.4 Å². The lowest BCUT2D eigenvalue weighted by atomic mass is 10.2. The molecule has 0 aliphatic carbocycles. The second-order valence-electron chi connectivity index (χ2n) is 4.37. The Morgan fingerprint density at radius 1 is 1.26 bits per heavy atom. The second kappa shape index (κ2) is 9.28. The summed E-state index contributed by atoms with van der Waals surface area (Å²) in [5.74, 6) is -0.203. The van der Waals surface area contributed by atoms with Gasteiger partial charge in [-0.2, -0.15) is 9.49 Å². The third-order valence-corrected chi connectivity index (χ3v) is 3.28. The van der Waals surface area contributed by atoms with Crippen LogP contribution in [0.3, 0.4) is 0 Å². The van der Waals surface area contributed by atoms with Crippen LogP contribution < -0.4 is 5.32 Å². The molecule has 0 amide bonds. The average molecular weight is 293 g/mol. The maximum absolute atomic E-state index is 13.9. The van der Waals surface area contributed by atoms with E-state index in [4.69, 9.17) is 0 Å². The van der Waals surface area contributed by atoms with Crippen LogP contribution in [0, 0.1) is 12.9 Å². The number of likely N-dealkylation sites (N-methyl/N-ethyl adjacent to an activating group) is 1. The van der Waals surface area contributed by atoms with Crippen LogP contribution >= 0.6 is 12.4 Å². The zero-order valence-corrected chi connectivity index (χ0v) is 13.2. The standard InChI is InChI=1S/C13H25FN4.ClH/c1-5-17(6-2)9-8-15-10-12-11(4)16-18(7-3)13(12)14;/h15H,5-10H2,1-4H3;1H. The van der Waals surface area contributed by atoms with E-state index in [1.165, 1.54) is 4.68 Å². The van der Waals surface area contributed by atoms with Gasteiger partial charge in [-0.25, -0.2) is 4.68 Å². The molecule has 0 saturated carbocycles. The number of nitrogens with zero attached hydrogens (tertiary/aromatic N) is 3. The van der Waals surface area contributed by atoms with Crippen LogP contribution in [-0.4, -0.2) is 40.9 Å². The molecular weight excluding hydrogens is 267 g/mol. The van der Waals surface area contributed by atoms with Gasteiger partial charge in [0.15, 0.2) is 0 Å². The third-order valence-electron chi connectivity index (χ3n) is 3.28. The summed E-state index contributed by atoms with van der Waals surface area (Å²) in [6.07, 6.45) is 0. The van der Waals surface area contributed by atoms with Crippen molar-refractivity contribution in [3.8, 4) is 0 Å². The van der Waals surface area contributed by atoms with Crippen molar-refractivity contribution in [2.45, 2.75) is 40.8 Å². The Hall–Kier alpha value is -0.650. The lowest BCUT2D eigenvalue weighted by Gasteiger charge is -2.17. The molecule has 1 heterocycles. The Labute approximate surface area is 121 Å². The van der Waals surface area contributed by atoms with Crippen molar-refractivity contribution in [1.29, 1.82) is 0 Å². The van der Waals surface area contributed by atoms with Gasteiger partial charge in [0, 0.05) is 31.7 Å². The first-order valence-electron chi connectivity index (χ1n) is 6.78. The first-order chi connectivity index (χ1) is 8.63. The fourth-order valence-corrected chi connectivity index (χ4v) is 1.99. The smallest absolute Gasteiger partial charge is 0.216 e. The number of hydrogen-bond donors (Lipinski definition) is 1. The van der Waals surface area contributed by atoms with Crippen LogP contribution in [-0.2, 0) is 13.1 Å². The van der Waals surface area contributed by atoms with E-state index in [1.807, 2.05) is 13.8 Å². The maximum atomic E-state index is 13.9. The number of hydrogen-bond acceptors (Lipinski definition) is 3. The Kier molecular flexibility index (Phi) is 8.97. The number of aryl methyl sites for hydroxylation is 2. The molecule has 0 unspecified atom stereocenters. The van der Waals surface area contributed by atoms with E-state index < -0.39 is 0 Å². The highest BCUT2D eigenvalue weighted by molar-refractivity contribution is 5.85. The molecule has 1 aromatic rings. The summed E-state index contributed by atoms with van der Waals surface area (Å²) in [6.45, 7) is 13.2. The topological polar surface area (TPSA) is 33.1 Å². The molecule has 6 heteroatoms. The largest absolute Gasteiger partial charge is 0.311 e. The molecule has 0 aliphatic heterocycles. The normalized spacial score (nSPS) is 10.8. The van der Waals surface area contributed by atoms with Gasteiger partial charge in [-0.05, 0) is 26.9 Å². The summed E-state index contributed by atoms with van der Waals surface area (Å²) >= 11 is 0. The van der Waals surface area contributed by atoms with Crippen molar-refractivity contribution in [1.82, 2.24) is 20.0 Å².